The van der Waals surface area contributed by atoms with Crippen LogP contribution in [0, 0.1) is 5.82 Å². The van der Waals surface area contributed by atoms with E-state index in [0.717, 1.165) is 21.1 Å². The molecule has 1 aliphatic rings. The van der Waals surface area contributed by atoms with Gasteiger partial charge in [-0.05, 0) is 49.0 Å². The SMILES string of the molecule is CCOC(=O)CN1C(=O)S/C(=C\c2cc(Br)ccc2OCc2ccccc2F)C1=O. The molecule has 1 aliphatic heterocycles. The summed E-state index contributed by atoms with van der Waals surface area (Å²) in [5.74, 6) is -1.20. The van der Waals surface area contributed by atoms with Gasteiger partial charge in [-0.1, -0.05) is 34.1 Å². The lowest BCUT2D eigenvalue weighted by Gasteiger charge is -2.12. The molecule has 30 heavy (non-hydrogen) atoms. The predicted molar refractivity (Wildman–Crippen MR) is 114 cm³/mol. The molecule has 0 saturated carbocycles. The molecule has 2 aromatic carbocycles. The molecule has 9 heteroatoms. The van der Waals surface area contributed by atoms with Gasteiger partial charge in [0.25, 0.3) is 11.1 Å². The molecule has 0 unspecified atom stereocenters. The number of amides is 2. The van der Waals surface area contributed by atoms with E-state index in [9.17, 15) is 18.8 Å². The lowest BCUT2D eigenvalue weighted by molar-refractivity contribution is -0.145. The maximum atomic E-state index is 13.9. The van der Waals surface area contributed by atoms with Crippen LogP contribution in [-0.4, -0.2) is 35.2 Å². The van der Waals surface area contributed by atoms with Crippen LogP contribution in [0.3, 0.4) is 0 Å². The van der Waals surface area contributed by atoms with Crippen molar-refractivity contribution in [2.75, 3.05) is 13.2 Å². The number of thioether (sulfide) groups is 1. The summed E-state index contributed by atoms with van der Waals surface area (Å²) >= 11 is 4.10. The maximum absolute atomic E-state index is 13.9. The summed E-state index contributed by atoms with van der Waals surface area (Å²) in [6.07, 6.45) is 1.51. The van der Waals surface area contributed by atoms with Crippen molar-refractivity contribution in [3.63, 3.8) is 0 Å². The number of hydrogen-bond acceptors (Lipinski definition) is 6. The first-order valence-electron chi connectivity index (χ1n) is 8.95. The molecule has 0 radical (unpaired) electrons. The monoisotopic (exact) mass is 493 g/mol. The summed E-state index contributed by atoms with van der Waals surface area (Å²) in [5.41, 5.74) is 0.920. The number of carbonyl (C=O) groups excluding carboxylic acids is 3. The van der Waals surface area contributed by atoms with Crippen LogP contribution in [0.2, 0.25) is 0 Å². The molecule has 0 aliphatic carbocycles. The van der Waals surface area contributed by atoms with Gasteiger partial charge >= 0.3 is 5.97 Å². The van der Waals surface area contributed by atoms with Gasteiger partial charge in [-0.2, -0.15) is 0 Å². The third-order valence-corrected chi connectivity index (χ3v) is 5.47. The molecule has 6 nitrogen and oxygen atoms in total. The third kappa shape index (κ3) is 5.28. The summed E-state index contributed by atoms with van der Waals surface area (Å²) in [5, 5.41) is -0.553. The number of benzene rings is 2. The highest BCUT2D eigenvalue weighted by molar-refractivity contribution is 9.10. The normalized spacial score (nSPS) is 15.0. The first kappa shape index (κ1) is 22.0. The van der Waals surface area contributed by atoms with Crippen LogP contribution < -0.4 is 4.74 Å². The lowest BCUT2D eigenvalue weighted by atomic mass is 10.1. The fraction of sp³-hybridized carbons (Fsp3) is 0.190. The molecule has 0 atom stereocenters. The number of halogens is 2. The number of hydrogen-bond donors (Lipinski definition) is 0. The van der Waals surface area contributed by atoms with Gasteiger partial charge in [0.15, 0.2) is 0 Å². The Morgan fingerprint density at radius 2 is 2.00 bits per heavy atom. The Kier molecular flexibility index (Phi) is 7.28. The Bertz CT molecular complexity index is 1030. The number of imide groups is 1. The zero-order valence-corrected chi connectivity index (χ0v) is 18.3. The van der Waals surface area contributed by atoms with Crippen LogP contribution in [0.25, 0.3) is 6.08 Å². The smallest absolute Gasteiger partial charge is 0.326 e. The summed E-state index contributed by atoms with van der Waals surface area (Å²) in [4.78, 5) is 37.4. The molecule has 1 saturated heterocycles. The first-order valence-corrected chi connectivity index (χ1v) is 10.6. The second-order valence-electron chi connectivity index (χ2n) is 6.14. The van der Waals surface area contributed by atoms with E-state index in [0.29, 0.717) is 16.9 Å². The van der Waals surface area contributed by atoms with Gasteiger partial charge in [0.1, 0.15) is 24.7 Å². The van der Waals surface area contributed by atoms with Crippen LogP contribution in [0.5, 0.6) is 5.75 Å². The van der Waals surface area contributed by atoms with Crippen molar-refractivity contribution in [3.05, 3.63) is 68.8 Å². The lowest BCUT2D eigenvalue weighted by Crippen LogP contribution is -2.34. The average Bonchev–Trinajstić information content (AvgIpc) is 2.96. The van der Waals surface area contributed by atoms with E-state index in [1.165, 1.54) is 12.1 Å². The molecule has 156 valence electrons. The fourth-order valence-electron chi connectivity index (χ4n) is 2.65. The largest absolute Gasteiger partial charge is 0.488 e. The maximum Gasteiger partial charge on any atom is 0.326 e. The number of rotatable bonds is 7. The van der Waals surface area contributed by atoms with E-state index in [4.69, 9.17) is 9.47 Å². The third-order valence-electron chi connectivity index (χ3n) is 4.07. The van der Waals surface area contributed by atoms with Gasteiger partial charge in [-0.25, -0.2) is 4.39 Å². The second kappa shape index (κ2) is 9.90. The van der Waals surface area contributed by atoms with Crippen molar-refractivity contribution >= 4 is 50.9 Å². The molecular formula is C21H17BrFNO5S. The van der Waals surface area contributed by atoms with Crippen molar-refractivity contribution in [1.82, 2.24) is 4.90 Å². The minimum atomic E-state index is -0.655. The number of nitrogens with zero attached hydrogens (tertiary/aromatic N) is 1. The van der Waals surface area contributed by atoms with Gasteiger partial charge in [-0.15, -0.1) is 0 Å². The van der Waals surface area contributed by atoms with Crippen LogP contribution >= 0.6 is 27.7 Å². The molecule has 3 rings (SSSR count). The molecule has 0 bridgehead atoms. The van der Waals surface area contributed by atoms with E-state index >= 15 is 0 Å². The molecule has 2 amide bonds. The van der Waals surface area contributed by atoms with Crippen molar-refractivity contribution < 1.29 is 28.2 Å². The standard InChI is InChI=1S/C21H17BrFNO5S/c1-2-28-19(25)11-24-20(26)18(30-21(24)27)10-14-9-15(22)7-8-17(14)29-12-13-5-3-4-6-16(13)23/h3-10H,2,11-12H2,1H3/b18-10-. The molecule has 1 heterocycles. The first-order chi connectivity index (χ1) is 14.4. The highest BCUT2D eigenvalue weighted by Crippen LogP contribution is 2.35. The average molecular weight is 494 g/mol. The van der Waals surface area contributed by atoms with Gasteiger partial charge < -0.3 is 9.47 Å². The Balaban J connectivity index is 1.81. The number of esters is 1. The molecule has 0 spiro atoms. The van der Waals surface area contributed by atoms with Gasteiger partial charge in [0, 0.05) is 15.6 Å². The van der Waals surface area contributed by atoms with E-state index in [2.05, 4.69) is 15.9 Å². The second-order valence-corrected chi connectivity index (χ2v) is 8.04. The Hall–Kier alpha value is -2.65. The van der Waals surface area contributed by atoms with Crippen LogP contribution in [0.4, 0.5) is 9.18 Å². The van der Waals surface area contributed by atoms with E-state index in [1.54, 1.807) is 43.3 Å². The Morgan fingerprint density at radius 1 is 1.23 bits per heavy atom. The molecule has 1 fully saturated rings. The molecule has 0 N–H and O–H groups in total. The highest BCUT2D eigenvalue weighted by Gasteiger charge is 2.36. The van der Waals surface area contributed by atoms with Crippen molar-refractivity contribution in [2.24, 2.45) is 0 Å². The predicted octanol–water partition coefficient (Wildman–Crippen LogP) is 4.77. The van der Waals surface area contributed by atoms with Gasteiger partial charge in [0.2, 0.25) is 0 Å². The molecule has 2 aromatic rings. The summed E-state index contributed by atoms with van der Waals surface area (Å²) in [6.45, 7) is 1.36. The number of ether oxygens (including phenoxy) is 2. The van der Waals surface area contributed by atoms with Crippen molar-refractivity contribution in [1.29, 1.82) is 0 Å². The topological polar surface area (TPSA) is 72.9 Å². The van der Waals surface area contributed by atoms with Crippen LogP contribution in [0.1, 0.15) is 18.1 Å². The van der Waals surface area contributed by atoms with E-state index in [-0.39, 0.29) is 23.9 Å². The highest BCUT2D eigenvalue weighted by atomic mass is 79.9. The van der Waals surface area contributed by atoms with Crippen LogP contribution in [0.15, 0.2) is 51.8 Å². The molecule has 0 aromatic heterocycles. The summed E-state index contributed by atoms with van der Waals surface area (Å²) < 4.78 is 25.1. The van der Waals surface area contributed by atoms with Crippen molar-refractivity contribution in [3.8, 4) is 5.75 Å². The van der Waals surface area contributed by atoms with Crippen molar-refractivity contribution in [2.45, 2.75) is 13.5 Å². The van der Waals surface area contributed by atoms with Crippen LogP contribution in [-0.2, 0) is 20.9 Å². The van der Waals surface area contributed by atoms with E-state index in [1.807, 2.05) is 0 Å². The summed E-state index contributed by atoms with van der Waals surface area (Å²) in [7, 11) is 0. The fourth-order valence-corrected chi connectivity index (χ4v) is 3.86. The van der Waals surface area contributed by atoms with E-state index < -0.39 is 23.7 Å². The Labute approximate surface area is 185 Å². The quantitative estimate of drug-likeness (QED) is 0.408. The minimum Gasteiger partial charge on any atom is -0.488 e. The number of carbonyl (C=O) groups is 3. The summed E-state index contributed by atoms with van der Waals surface area (Å²) in [6, 6.07) is 11.4. The zero-order valence-electron chi connectivity index (χ0n) is 15.9. The van der Waals surface area contributed by atoms with Gasteiger partial charge in [0.05, 0.1) is 11.5 Å². The Morgan fingerprint density at radius 3 is 2.73 bits per heavy atom. The minimum absolute atomic E-state index is 0.000514. The zero-order chi connectivity index (χ0) is 21.7. The molecular weight excluding hydrogens is 477 g/mol. The van der Waals surface area contributed by atoms with Gasteiger partial charge in [-0.3, -0.25) is 19.3 Å².